The van der Waals surface area contributed by atoms with E-state index in [2.05, 4.69) is 10.6 Å². The van der Waals surface area contributed by atoms with Crippen LogP contribution in [-0.2, 0) is 4.79 Å². The van der Waals surface area contributed by atoms with Crippen molar-refractivity contribution < 1.29 is 14.0 Å². The van der Waals surface area contributed by atoms with Crippen LogP contribution in [0, 0.1) is 6.92 Å². The van der Waals surface area contributed by atoms with Gasteiger partial charge < -0.3 is 15.1 Å². The predicted molar refractivity (Wildman–Crippen MR) is 112 cm³/mol. The van der Waals surface area contributed by atoms with E-state index in [0.29, 0.717) is 28.6 Å². The van der Waals surface area contributed by atoms with Gasteiger partial charge in [-0.05, 0) is 61.4 Å². The molecule has 0 spiro atoms. The molecule has 0 aliphatic carbocycles. The summed E-state index contributed by atoms with van der Waals surface area (Å²) in [6, 6.07) is 15.9. The van der Waals surface area contributed by atoms with E-state index in [1.54, 1.807) is 36.4 Å². The highest BCUT2D eigenvalue weighted by Crippen LogP contribution is 2.30. The van der Waals surface area contributed by atoms with Gasteiger partial charge in [0, 0.05) is 28.4 Å². The van der Waals surface area contributed by atoms with Gasteiger partial charge in [0.2, 0.25) is 5.91 Å². The quantitative estimate of drug-likeness (QED) is 0.544. The molecule has 0 atom stereocenters. The van der Waals surface area contributed by atoms with Gasteiger partial charge in [0.05, 0.1) is 0 Å². The van der Waals surface area contributed by atoms with Crippen LogP contribution in [0.3, 0.4) is 0 Å². The van der Waals surface area contributed by atoms with E-state index < -0.39 is 0 Å². The summed E-state index contributed by atoms with van der Waals surface area (Å²) in [6.07, 6.45) is 1.27. The minimum Gasteiger partial charge on any atom is -0.451 e. The molecule has 0 bridgehead atoms. The lowest BCUT2D eigenvalue weighted by atomic mass is 10.1. The normalized spacial score (nSPS) is 10.5. The van der Waals surface area contributed by atoms with Crippen LogP contribution in [0.4, 0.5) is 11.4 Å². The molecule has 2 N–H and O–H groups in total. The van der Waals surface area contributed by atoms with Crippen molar-refractivity contribution in [1.29, 1.82) is 0 Å². The fraction of sp³-hybridized carbons (Fsp3) is 0.182. The Morgan fingerprint density at radius 3 is 2.32 bits per heavy atom. The van der Waals surface area contributed by atoms with Gasteiger partial charge in [0.15, 0.2) is 5.76 Å². The fourth-order valence-electron chi connectivity index (χ4n) is 2.76. The van der Waals surface area contributed by atoms with Crippen molar-refractivity contribution in [3.8, 4) is 11.3 Å². The molecule has 28 heavy (non-hydrogen) atoms. The molecule has 3 aromatic rings. The monoisotopic (exact) mass is 396 g/mol. The van der Waals surface area contributed by atoms with Gasteiger partial charge >= 0.3 is 0 Å². The summed E-state index contributed by atoms with van der Waals surface area (Å²) in [6.45, 7) is 3.85. The summed E-state index contributed by atoms with van der Waals surface area (Å²) in [5.41, 5.74) is 3.04. The minimum atomic E-state index is -0.353. The van der Waals surface area contributed by atoms with E-state index in [0.717, 1.165) is 17.5 Å². The standard InChI is InChI=1S/C22H21ClN2O3/c1-3-5-21(26)24-15-8-10-16(11-9-15)25-22(27)20-13-12-19(28-20)17-6-4-7-18(23)14(17)2/h4,6-13H,3,5H2,1-2H3,(H,24,26)(H,25,27). The molecule has 0 unspecified atom stereocenters. The molecule has 0 fully saturated rings. The molecule has 144 valence electrons. The van der Waals surface area contributed by atoms with Gasteiger partial charge in [0.1, 0.15) is 5.76 Å². The van der Waals surface area contributed by atoms with Crippen molar-refractivity contribution in [2.24, 2.45) is 0 Å². The van der Waals surface area contributed by atoms with E-state index in [4.69, 9.17) is 16.0 Å². The van der Waals surface area contributed by atoms with E-state index in [9.17, 15) is 9.59 Å². The Balaban J connectivity index is 1.68. The van der Waals surface area contributed by atoms with Crippen molar-refractivity contribution in [1.82, 2.24) is 0 Å². The summed E-state index contributed by atoms with van der Waals surface area (Å²) in [5.74, 6) is 0.404. The minimum absolute atomic E-state index is 0.0290. The summed E-state index contributed by atoms with van der Waals surface area (Å²) < 4.78 is 5.72. The van der Waals surface area contributed by atoms with E-state index in [1.807, 2.05) is 32.0 Å². The molecule has 1 aromatic heterocycles. The van der Waals surface area contributed by atoms with Crippen LogP contribution in [0.5, 0.6) is 0 Å². The zero-order valence-electron chi connectivity index (χ0n) is 15.7. The Hall–Kier alpha value is -3.05. The first-order valence-corrected chi connectivity index (χ1v) is 9.42. The third kappa shape index (κ3) is 4.61. The number of amides is 2. The largest absolute Gasteiger partial charge is 0.451 e. The molecule has 0 saturated heterocycles. The average molecular weight is 397 g/mol. The number of hydrogen-bond donors (Lipinski definition) is 2. The van der Waals surface area contributed by atoms with Gasteiger partial charge in [-0.25, -0.2) is 0 Å². The lowest BCUT2D eigenvalue weighted by molar-refractivity contribution is -0.116. The highest BCUT2D eigenvalue weighted by molar-refractivity contribution is 6.31. The summed E-state index contributed by atoms with van der Waals surface area (Å²) in [4.78, 5) is 24.1. The molecule has 0 saturated carbocycles. The van der Waals surface area contributed by atoms with Crippen LogP contribution in [0.15, 0.2) is 59.0 Å². The predicted octanol–water partition coefficient (Wildman–Crippen LogP) is 5.90. The maximum Gasteiger partial charge on any atom is 0.291 e. The van der Waals surface area contributed by atoms with Crippen molar-refractivity contribution in [2.75, 3.05) is 10.6 Å². The molecule has 2 aromatic carbocycles. The molecule has 5 nitrogen and oxygen atoms in total. The summed E-state index contributed by atoms with van der Waals surface area (Å²) >= 11 is 6.15. The second-order valence-corrected chi connectivity index (χ2v) is 6.81. The Bertz CT molecular complexity index is 993. The number of benzene rings is 2. The average Bonchev–Trinajstić information content (AvgIpc) is 3.16. The van der Waals surface area contributed by atoms with Crippen LogP contribution >= 0.6 is 11.6 Å². The zero-order chi connectivity index (χ0) is 20.1. The Labute approximate surface area is 168 Å². The molecular weight excluding hydrogens is 376 g/mol. The van der Waals surface area contributed by atoms with Gasteiger partial charge in [-0.1, -0.05) is 30.7 Å². The number of hydrogen-bond acceptors (Lipinski definition) is 3. The van der Waals surface area contributed by atoms with Gasteiger partial charge in [-0.3, -0.25) is 9.59 Å². The Kier molecular flexibility index (Phi) is 6.16. The molecule has 2 amide bonds. The molecule has 3 rings (SSSR count). The number of carbonyl (C=O) groups excluding carboxylic acids is 2. The van der Waals surface area contributed by atoms with Crippen LogP contribution in [0.1, 0.15) is 35.9 Å². The zero-order valence-corrected chi connectivity index (χ0v) is 16.5. The van der Waals surface area contributed by atoms with E-state index in [1.165, 1.54) is 0 Å². The number of rotatable bonds is 6. The smallest absolute Gasteiger partial charge is 0.291 e. The van der Waals surface area contributed by atoms with Crippen molar-refractivity contribution >= 4 is 34.8 Å². The number of nitrogens with one attached hydrogen (secondary N) is 2. The third-order valence-electron chi connectivity index (χ3n) is 4.27. The molecule has 0 aliphatic heterocycles. The summed E-state index contributed by atoms with van der Waals surface area (Å²) in [5, 5.41) is 6.23. The topological polar surface area (TPSA) is 71.3 Å². The first-order chi connectivity index (χ1) is 13.5. The SMILES string of the molecule is CCCC(=O)Nc1ccc(NC(=O)c2ccc(-c3cccc(Cl)c3C)o2)cc1. The fourth-order valence-corrected chi connectivity index (χ4v) is 2.93. The van der Waals surface area contributed by atoms with Crippen LogP contribution in [0.2, 0.25) is 5.02 Å². The Morgan fingerprint density at radius 2 is 1.64 bits per heavy atom. The summed E-state index contributed by atoms with van der Waals surface area (Å²) in [7, 11) is 0. The highest BCUT2D eigenvalue weighted by atomic mass is 35.5. The second-order valence-electron chi connectivity index (χ2n) is 6.41. The molecule has 6 heteroatoms. The molecular formula is C22H21ClN2O3. The highest BCUT2D eigenvalue weighted by Gasteiger charge is 2.14. The Morgan fingerprint density at radius 1 is 0.964 bits per heavy atom. The van der Waals surface area contributed by atoms with Crippen molar-refractivity contribution in [3.05, 3.63) is 70.9 Å². The van der Waals surface area contributed by atoms with Crippen molar-refractivity contribution in [3.63, 3.8) is 0 Å². The number of furan rings is 1. The van der Waals surface area contributed by atoms with E-state index >= 15 is 0 Å². The maximum atomic E-state index is 12.5. The molecule has 1 heterocycles. The first-order valence-electron chi connectivity index (χ1n) is 9.04. The lowest BCUT2D eigenvalue weighted by Crippen LogP contribution is -2.12. The molecule has 0 radical (unpaired) electrons. The van der Waals surface area contributed by atoms with Gasteiger partial charge in [-0.2, -0.15) is 0 Å². The van der Waals surface area contributed by atoms with Crippen LogP contribution < -0.4 is 10.6 Å². The van der Waals surface area contributed by atoms with Crippen LogP contribution in [0.25, 0.3) is 11.3 Å². The number of halogens is 1. The van der Waals surface area contributed by atoms with Crippen LogP contribution in [-0.4, -0.2) is 11.8 Å². The maximum absolute atomic E-state index is 12.5. The third-order valence-corrected chi connectivity index (χ3v) is 4.68. The lowest BCUT2D eigenvalue weighted by Gasteiger charge is -2.07. The molecule has 0 aliphatic rings. The van der Waals surface area contributed by atoms with E-state index in [-0.39, 0.29) is 17.6 Å². The van der Waals surface area contributed by atoms with Gasteiger partial charge in [-0.15, -0.1) is 0 Å². The van der Waals surface area contributed by atoms with Gasteiger partial charge in [0.25, 0.3) is 5.91 Å². The van der Waals surface area contributed by atoms with Crippen molar-refractivity contribution in [2.45, 2.75) is 26.7 Å². The first kappa shape index (κ1) is 19.7. The number of anilines is 2. The second kappa shape index (κ2) is 8.76. The number of carbonyl (C=O) groups is 2.